The Morgan fingerprint density at radius 3 is 2.46 bits per heavy atom. The van der Waals surface area contributed by atoms with Gasteiger partial charge in [-0.3, -0.25) is 4.98 Å². The zero-order valence-electron chi connectivity index (χ0n) is 21.8. The first-order valence-electron chi connectivity index (χ1n) is 13.0. The van der Waals surface area contributed by atoms with Crippen LogP contribution in [0.15, 0.2) is 24.3 Å². The lowest BCUT2D eigenvalue weighted by atomic mass is 9.70. The van der Waals surface area contributed by atoms with Crippen molar-refractivity contribution in [2.75, 3.05) is 0 Å². The number of halogens is 1. The summed E-state index contributed by atoms with van der Waals surface area (Å²) < 4.78 is 7.52. The van der Waals surface area contributed by atoms with Crippen molar-refractivity contribution in [2.45, 2.75) is 107 Å². The number of hydrogen-bond acceptors (Lipinski definition) is 4. The highest BCUT2D eigenvalue weighted by Crippen LogP contribution is 2.61. The van der Waals surface area contributed by atoms with Crippen LogP contribution in [0.3, 0.4) is 0 Å². The molecule has 1 N–H and O–H groups in total. The van der Waals surface area contributed by atoms with Crippen molar-refractivity contribution in [1.29, 1.82) is 5.26 Å². The van der Waals surface area contributed by atoms with Gasteiger partial charge in [0.05, 0.1) is 17.6 Å². The van der Waals surface area contributed by atoms with E-state index in [1.165, 1.54) is 11.1 Å². The molecule has 0 amide bonds. The highest BCUT2D eigenvalue weighted by Gasteiger charge is 2.56. The van der Waals surface area contributed by atoms with Gasteiger partial charge in [0, 0.05) is 32.0 Å². The third kappa shape index (κ3) is 3.95. The van der Waals surface area contributed by atoms with Gasteiger partial charge in [-0.1, -0.05) is 74.6 Å². The van der Waals surface area contributed by atoms with Gasteiger partial charge in [-0.15, -0.1) is 0 Å². The second kappa shape index (κ2) is 8.53. The molecule has 1 aromatic heterocycles. The Balaban J connectivity index is 1.75. The number of benzene rings is 1. The van der Waals surface area contributed by atoms with E-state index < -0.39 is 11.5 Å². The van der Waals surface area contributed by atoms with E-state index in [2.05, 4.69) is 80.6 Å². The maximum atomic E-state index is 11.5. The van der Waals surface area contributed by atoms with Crippen molar-refractivity contribution in [1.82, 2.24) is 4.98 Å². The van der Waals surface area contributed by atoms with Gasteiger partial charge in [0.2, 0.25) is 0 Å². The molecule has 0 bridgehead atoms. The van der Waals surface area contributed by atoms with Crippen LogP contribution in [0.4, 0.5) is 0 Å². The smallest absolute Gasteiger partial charge is 0.111 e. The Labute approximate surface area is 223 Å². The second-order valence-electron chi connectivity index (χ2n) is 12.5. The van der Waals surface area contributed by atoms with E-state index in [1.54, 1.807) is 0 Å². The van der Waals surface area contributed by atoms with Crippen molar-refractivity contribution in [3.8, 4) is 6.07 Å². The predicted molar refractivity (Wildman–Crippen MR) is 147 cm³/mol. The first-order chi connectivity index (χ1) is 16.4. The van der Waals surface area contributed by atoms with Gasteiger partial charge >= 0.3 is 0 Å². The fraction of sp³-hybridized carbons (Fsp3) is 0.600. The topological polar surface area (TPSA) is 66.1 Å². The van der Waals surface area contributed by atoms with Gasteiger partial charge in [-0.25, -0.2) is 0 Å². The number of nitrogens with zero attached hydrogens (tertiary/aromatic N) is 2. The quantitative estimate of drug-likeness (QED) is 0.304. The van der Waals surface area contributed by atoms with Crippen LogP contribution in [0.25, 0.3) is 0 Å². The van der Waals surface area contributed by atoms with Crippen molar-refractivity contribution in [3.63, 3.8) is 0 Å². The normalized spacial score (nSPS) is 29.3. The number of alkyl halides is 1. The Morgan fingerprint density at radius 1 is 1.20 bits per heavy atom. The monoisotopic (exact) mass is 584 g/mol. The Hall–Kier alpha value is -1.49. The standard InChI is InChI=1S/C30H37IN2O2/c1-17(2)26-24-25(23-20(33-26)14-28(3,4)15-21(23)34)30(13-7-8-22(30)31)35-27(24)18-9-11-19(12-10-18)29(5,6)16-32/h9-12,17,21-22,27,34H,7-8,13-15H2,1-6H3/t21-,22?,27+,30?/m0/s1. The van der Waals surface area contributed by atoms with Crippen LogP contribution < -0.4 is 0 Å². The van der Waals surface area contributed by atoms with E-state index in [1.807, 2.05) is 13.8 Å². The molecule has 0 saturated heterocycles. The molecule has 1 spiro atoms. The van der Waals surface area contributed by atoms with E-state index in [4.69, 9.17) is 9.72 Å². The lowest BCUT2D eigenvalue weighted by Crippen LogP contribution is -2.35. The maximum absolute atomic E-state index is 11.5. The van der Waals surface area contributed by atoms with Gasteiger partial charge < -0.3 is 9.84 Å². The van der Waals surface area contributed by atoms with Crippen molar-refractivity contribution < 1.29 is 9.84 Å². The minimum atomic E-state index is -0.534. The molecule has 0 radical (unpaired) electrons. The molecule has 5 heteroatoms. The summed E-state index contributed by atoms with van der Waals surface area (Å²) in [4.78, 5) is 5.27. The highest BCUT2D eigenvalue weighted by atomic mass is 127. The molecule has 3 aliphatic rings. The van der Waals surface area contributed by atoms with Crippen molar-refractivity contribution in [3.05, 3.63) is 63.5 Å². The minimum absolute atomic E-state index is 0.0245. The van der Waals surface area contributed by atoms with E-state index in [0.29, 0.717) is 3.92 Å². The molecule has 2 unspecified atom stereocenters. The number of aromatic nitrogens is 1. The summed E-state index contributed by atoms with van der Waals surface area (Å²) in [5, 5.41) is 21.1. The van der Waals surface area contributed by atoms with Gasteiger partial charge in [0.15, 0.2) is 0 Å². The SMILES string of the molecule is CC(C)c1nc2c(c3c1[C@@H](c1ccc(C(C)(C)C#N)cc1)OC31CCCC1I)[C@@H](O)CC(C)(C)C2. The summed E-state index contributed by atoms with van der Waals surface area (Å²) in [6.45, 7) is 12.8. The van der Waals surface area contributed by atoms with Crippen LogP contribution in [-0.4, -0.2) is 14.0 Å². The Bertz CT molecular complexity index is 1190. The van der Waals surface area contributed by atoms with Crippen LogP contribution in [0.1, 0.15) is 125 Å². The molecule has 1 aromatic carbocycles. The Morgan fingerprint density at radius 2 is 1.89 bits per heavy atom. The first-order valence-corrected chi connectivity index (χ1v) is 14.2. The average molecular weight is 585 g/mol. The molecule has 1 aliphatic heterocycles. The molecule has 5 rings (SSSR count). The predicted octanol–water partition coefficient (Wildman–Crippen LogP) is 7.31. The summed E-state index contributed by atoms with van der Waals surface area (Å²) in [7, 11) is 0. The summed E-state index contributed by atoms with van der Waals surface area (Å²) in [6.07, 6.45) is 4.14. The van der Waals surface area contributed by atoms with E-state index >= 15 is 0 Å². The zero-order valence-corrected chi connectivity index (χ0v) is 23.9. The van der Waals surface area contributed by atoms with E-state index in [0.717, 1.165) is 60.2 Å². The number of pyridine rings is 1. The number of rotatable bonds is 3. The van der Waals surface area contributed by atoms with Crippen LogP contribution in [-0.2, 0) is 22.2 Å². The maximum Gasteiger partial charge on any atom is 0.111 e. The molecule has 4 atom stereocenters. The van der Waals surface area contributed by atoms with Crippen molar-refractivity contribution in [2.24, 2.45) is 5.41 Å². The summed E-state index contributed by atoms with van der Waals surface area (Å²) in [5.41, 5.74) is 6.89. The lowest BCUT2D eigenvalue weighted by molar-refractivity contribution is -0.0516. The van der Waals surface area contributed by atoms with Crippen LogP contribution in [0.5, 0.6) is 0 Å². The number of fused-ring (bicyclic) bond motifs is 4. The largest absolute Gasteiger partial charge is 0.388 e. The molecule has 1 saturated carbocycles. The molecule has 35 heavy (non-hydrogen) atoms. The minimum Gasteiger partial charge on any atom is -0.388 e. The molecular weight excluding hydrogens is 547 g/mol. The fourth-order valence-electron chi connectivity index (χ4n) is 6.54. The second-order valence-corrected chi connectivity index (χ2v) is 14.0. The molecule has 1 fully saturated rings. The molecular formula is C30H37IN2O2. The number of nitriles is 1. The zero-order chi connectivity index (χ0) is 25.3. The summed E-state index contributed by atoms with van der Waals surface area (Å²) in [5.74, 6) is 0.253. The summed E-state index contributed by atoms with van der Waals surface area (Å²) >= 11 is 2.59. The number of aliphatic hydroxyl groups is 1. The van der Waals surface area contributed by atoms with Gasteiger partial charge in [0.25, 0.3) is 0 Å². The van der Waals surface area contributed by atoms with Crippen molar-refractivity contribution >= 4 is 22.6 Å². The van der Waals surface area contributed by atoms with E-state index in [9.17, 15) is 10.4 Å². The van der Waals surface area contributed by atoms with Crippen LogP contribution >= 0.6 is 22.6 Å². The number of aliphatic hydroxyl groups excluding tert-OH is 1. The van der Waals surface area contributed by atoms with Gasteiger partial charge in [0.1, 0.15) is 11.7 Å². The molecule has 2 aromatic rings. The average Bonchev–Trinajstić information content (AvgIpc) is 3.33. The van der Waals surface area contributed by atoms with Crippen LogP contribution in [0.2, 0.25) is 0 Å². The Kier molecular flexibility index (Phi) is 6.14. The number of hydrogen-bond donors (Lipinski definition) is 1. The molecule has 186 valence electrons. The van der Waals surface area contributed by atoms with Crippen LogP contribution in [0, 0.1) is 16.7 Å². The first kappa shape index (κ1) is 25.2. The van der Waals surface area contributed by atoms with E-state index in [-0.39, 0.29) is 23.0 Å². The molecule has 2 aliphatic carbocycles. The molecule has 4 nitrogen and oxygen atoms in total. The van der Waals surface area contributed by atoms with Gasteiger partial charge in [-0.2, -0.15) is 5.26 Å². The highest BCUT2D eigenvalue weighted by molar-refractivity contribution is 14.1. The lowest BCUT2D eigenvalue weighted by Gasteiger charge is -2.39. The third-order valence-corrected chi connectivity index (χ3v) is 10.0. The number of ether oxygens (including phenoxy) is 1. The third-order valence-electron chi connectivity index (χ3n) is 8.39. The summed E-state index contributed by atoms with van der Waals surface area (Å²) in [6, 6.07) is 10.8. The molecule has 2 heterocycles. The fourth-order valence-corrected chi connectivity index (χ4v) is 7.75. The van der Waals surface area contributed by atoms with Gasteiger partial charge in [-0.05, 0) is 68.4 Å².